The van der Waals surface area contributed by atoms with Gasteiger partial charge < -0.3 is 24.2 Å². The number of rotatable bonds is 14. The summed E-state index contributed by atoms with van der Waals surface area (Å²) in [7, 11) is 1.67. The van der Waals surface area contributed by atoms with Crippen LogP contribution < -0.4 is 4.74 Å². The molecule has 1 aromatic carbocycles. The van der Waals surface area contributed by atoms with E-state index in [0.29, 0.717) is 39.5 Å². The Labute approximate surface area is 200 Å². The Morgan fingerprint density at radius 3 is 2.88 bits per heavy atom. The van der Waals surface area contributed by atoms with E-state index in [4.69, 9.17) is 14.2 Å². The van der Waals surface area contributed by atoms with Crippen LogP contribution >= 0.6 is 11.3 Å². The number of ether oxygens (including phenoxy) is 3. The van der Waals surface area contributed by atoms with Crippen LogP contribution in [0.25, 0.3) is 0 Å². The first-order valence-corrected chi connectivity index (χ1v) is 12.5. The van der Waals surface area contributed by atoms with Crippen molar-refractivity contribution in [3.63, 3.8) is 0 Å². The smallest absolute Gasteiger partial charge is 0.237 e. The molecule has 0 unspecified atom stereocenters. The lowest BCUT2D eigenvalue weighted by Crippen LogP contribution is -2.48. The van der Waals surface area contributed by atoms with Gasteiger partial charge in [0, 0.05) is 44.8 Å². The van der Waals surface area contributed by atoms with Gasteiger partial charge in [0.2, 0.25) is 5.91 Å². The number of nitrogens with zero attached hydrogens (tertiary/aromatic N) is 2. The molecular formula is C25H36N2O5S. The zero-order valence-corrected chi connectivity index (χ0v) is 20.5. The molecule has 1 aliphatic rings. The predicted molar refractivity (Wildman–Crippen MR) is 130 cm³/mol. The molecule has 1 aromatic heterocycles. The minimum absolute atomic E-state index is 0.0505. The summed E-state index contributed by atoms with van der Waals surface area (Å²) < 4.78 is 16.6. The highest BCUT2D eigenvalue weighted by molar-refractivity contribution is 7.10. The van der Waals surface area contributed by atoms with Crippen molar-refractivity contribution in [1.29, 1.82) is 0 Å². The number of carbonyl (C=O) groups is 1. The standard InChI is InChI=1S/C25H36N2O5S/c1-3-31-18-20(28)16-26(12-7-14-30-2)17-25(29)27-13-10-24-22(11-15-33-24)23(27)19-32-21-8-5-4-6-9-21/h4-6,8-9,11,15,20,23,28H,3,7,10,12-14,16-19H2,1-2H3/t20-,23+/m1/s1. The van der Waals surface area contributed by atoms with Crippen molar-refractivity contribution in [2.24, 2.45) is 0 Å². The maximum atomic E-state index is 13.5. The first-order chi connectivity index (χ1) is 16.1. The second kappa shape index (κ2) is 13.7. The fourth-order valence-electron chi connectivity index (χ4n) is 4.12. The van der Waals surface area contributed by atoms with Gasteiger partial charge in [-0.1, -0.05) is 18.2 Å². The van der Waals surface area contributed by atoms with Gasteiger partial charge >= 0.3 is 0 Å². The van der Waals surface area contributed by atoms with Crippen molar-refractivity contribution in [3.8, 4) is 5.75 Å². The molecule has 1 N–H and O–H groups in total. The van der Waals surface area contributed by atoms with Crippen molar-refractivity contribution in [1.82, 2.24) is 9.80 Å². The van der Waals surface area contributed by atoms with Crippen molar-refractivity contribution in [2.75, 3.05) is 59.7 Å². The number of aliphatic hydroxyl groups is 1. The number of fused-ring (bicyclic) bond motifs is 1. The Bertz CT molecular complexity index is 831. The molecule has 0 spiro atoms. The first kappa shape index (κ1) is 25.6. The van der Waals surface area contributed by atoms with Gasteiger partial charge in [-0.2, -0.15) is 0 Å². The third-order valence-electron chi connectivity index (χ3n) is 5.73. The van der Waals surface area contributed by atoms with E-state index < -0.39 is 6.10 Å². The molecule has 0 aliphatic carbocycles. The van der Waals surface area contributed by atoms with E-state index in [9.17, 15) is 9.90 Å². The molecule has 0 radical (unpaired) electrons. The molecule has 0 saturated heterocycles. The van der Waals surface area contributed by atoms with Crippen molar-refractivity contribution >= 4 is 17.2 Å². The van der Waals surface area contributed by atoms with Gasteiger partial charge in [-0.15, -0.1) is 11.3 Å². The molecule has 1 amide bonds. The summed E-state index contributed by atoms with van der Waals surface area (Å²) in [6.45, 7) is 5.72. The van der Waals surface area contributed by atoms with E-state index in [1.54, 1.807) is 18.4 Å². The minimum atomic E-state index is -0.637. The van der Waals surface area contributed by atoms with Gasteiger partial charge in [0.1, 0.15) is 12.4 Å². The number of hydrogen-bond acceptors (Lipinski definition) is 7. The highest BCUT2D eigenvalue weighted by Crippen LogP contribution is 2.34. The quantitative estimate of drug-likeness (QED) is 0.423. The molecule has 7 nitrogen and oxygen atoms in total. The summed E-state index contributed by atoms with van der Waals surface area (Å²) in [5, 5.41) is 12.4. The van der Waals surface area contributed by atoms with Crippen LogP contribution in [0.1, 0.15) is 29.8 Å². The lowest BCUT2D eigenvalue weighted by Gasteiger charge is -2.37. The van der Waals surface area contributed by atoms with Crippen LogP contribution in [-0.4, -0.2) is 86.6 Å². The topological polar surface area (TPSA) is 71.5 Å². The Balaban J connectivity index is 1.68. The molecule has 2 atom stereocenters. The molecule has 8 heteroatoms. The Morgan fingerprint density at radius 1 is 1.30 bits per heavy atom. The number of thiophene rings is 1. The maximum Gasteiger partial charge on any atom is 0.237 e. The molecule has 2 aromatic rings. The Kier molecular flexibility index (Phi) is 10.6. The Hall–Kier alpha value is -1.97. The molecule has 182 valence electrons. The molecular weight excluding hydrogens is 440 g/mol. The van der Waals surface area contributed by atoms with Gasteiger partial charge in [0.15, 0.2) is 0 Å². The summed E-state index contributed by atoms with van der Waals surface area (Å²) in [6.07, 6.45) is 1.01. The van der Waals surface area contributed by atoms with Crippen molar-refractivity contribution < 1.29 is 24.1 Å². The second-order valence-corrected chi connectivity index (χ2v) is 9.17. The maximum absolute atomic E-state index is 13.5. The van der Waals surface area contributed by atoms with Crippen LogP contribution in [-0.2, 0) is 20.7 Å². The van der Waals surface area contributed by atoms with E-state index in [1.807, 2.05) is 47.1 Å². The number of amides is 1. The van der Waals surface area contributed by atoms with Crippen LogP contribution in [0.3, 0.4) is 0 Å². The SMILES string of the molecule is CCOC[C@H](O)CN(CCCOC)CC(=O)N1CCc2sccc2[C@@H]1COc1ccccc1. The van der Waals surface area contributed by atoms with Crippen LogP contribution in [0.15, 0.2) is 41.8 Å². The summed E-state index contributed by atoms with van der Waals surface area (Å²) in [4.78, 5) is 18.7. The van der Waals surface area contributed by atoms with Crippen LogP contribution in [0, 0.1) is 0 Å². The average molecular weight is 477 g/mol. The predicted octanol–water partition coefficient (Wildman–Crippen LogP) is 2.99. The lowest BCUT2D eigenvalue weighted by atomic mass is 10.0. The third-order valence-corrected chi connectivity index (χ3v) is 6.73. The molecule has 1 aliphatic heterocycles. The number of benzene rings is 1. The van der Waals surface area contributed by atoms with Gasteiger partial charge in [-0.25, -0.2) is 0 Å². The van der Waals surface area contributed by atoms with E-state index in [2.05, 4.69) is 11.4 Å². The average Bonchev–Trinajstić information content (AvgIpc) is 3.31. The summed E-state index contributed by atoms with van der Waals surface area (Å²) in [5.74, 6) is 0.849. The van der Waals surface area contributed by atoms with E-state index in [-0.39, 0.29) is 25.1 Å². The van der Waals surface area contributed by atoms with Crippen LogP contribution in [0.5, 0.6) is 5.75 Å². The fraction of sp³-hybridized carbons (Fsp3) is 0.560. The molecule has 0 saturated carbocycles. The number of para-hydroxylation sites is 1. The van der Waals surface area contributed by atoms with Crippen LogP contribution in [0.4, 0.5) is 0 Å². The lowest BCUT2D eigenvalue weighted by molar-refractivity contribution is -0.136. The van der Waals surface area contributed by atoms with E-state index >= 15 is 0 Å². The Morgan fingerprint density at radius 2 is 2.12 bits per heavy atom. The summed E-state index contributed by atoms with van der Waals surface area (Å²) in [5.41, 5.74) is 1.18. The van der Waals surface area contributed by atoms with E-state index in [0.717, 1.165) is 18.6 Å². The van der Waals surface area contributed by atoms with Gasteiger partial charge in [0.25, 0.3) is 0 Å². The van der Waals surface area contributed by atoms with Crippen LogP contribution in [0.2, 0.25) is 0 Å². The molecule has 0 fully saturated rings. The highest BCUT2D eigenvalue weighted by atomic mass is 32.1. The second-order valence-electron chi connectivity index (χ2n) is 8.17. The molecule has 0 bridgehead atoms. The number of carbonyl (C=O) groups excluding carboxylic acids is 1. The number of aliphatic hydroxyl groups excluding tert-OH is 1. The summed E-state index contributed by atoms with van der Waals surface area (Å²) in [6, 6.07) is 11.7. The molecule has 33 heavy (non-hydrogen) atoms. The monoisotopic (exact) mass is 476 g/mol. The zero-order valence-electron chi connectivity index (χ0n) is 19.7. The van der Waals surface area contributed by atoms with Crippen molar-refractivity contribution in [2.45, 2.75) is 31.9 Å². The third kappa shape index (κ3) is 7.79. The van der Waals surface area contributed by atoms with Gasteiger partial charge in [0.05, 0.1) is 25.3 Å². The highest BCUT2D eigenvalue weighted by Gasteiger charge is 2.33. The largest absolute Gasteiger partial charge is 0.491 e. The first-order valence-electron chi connectivity index (χ1n) is 11.6. The fourth-order valence-corrected chi connectivity index (χ4v) is 5.05. The molecule has 2 heterocycles. The number of methoxy groups -OCH3 is 1. The molecule has 3 rings (SSSR count). The van der Waals surface area contributed by atoms with Crippen molar-refractivity contribution in [3.05, 3.63) is 52.2 Å². The normalized spacial score (nSPS) is 16.6. The van der Waals surface area contributed by atoms with E-state index in [1.165, 1.54) is 10.4 Å². The summed E-state index contributed by atoms with van der Waals surface area (Å²) >= 11 is 1.74. The zero-order chi connectivity index (χ0) is 23.5. The number of hydrogen-bond donors (Lipinski definition) is 1. The van der Waals surface area contributed by atoms with Gasteiger partial charge in [-0.3, -0.25) is 9.69 Å². The minimum Gasteiger partial charge on any atom is -0.491 e. The van der Waals surface area contributed by atoms with Gasteiger partial charge in [-0.05, 0) is 48.9 Å².